The van der Waals surface area contributed by atoms with Gasteiger partial charge in [-0.25, -0.2) is 0 Å². The van der Waals surface area contributed by atoms with Crippen LogP contribution >= 0.6 is 23.2 Å². The van der Waals surface area contributed by atoms with E-state index in [4.69, 9.17) is 28.3 Å². The van der Waals surface area contributed by atoms with Crippen molar-refractivity contribution in [2.45, 2.75) is 0 Å². The molecule has 1 rings (SSSR count). The molecule has 0 saturated heterocycles. The Kier molecular flexibility index (Phi) is 4.20. The highest BCUT2D eigenvalue weighted by Crippen LogP contribution is 2.20. The van der Waals surface area contributed by atoms with Gasteiger partial charge in [0.2, 0.25) is 0 Å². The lowest BCUT2D eigenvalue weighted by atomic mass is 10.2. The van der Waals surface area contributed by atoms with Crippen molar-refractivity contribution in [2.24, 2.45) is 0 Å². The summed E-state index contributed by atoms with van der Waals surface area (Å²) in [6.07, 6.45) is 0. The lowest BCUT2D eigenvalue weighted by molar-refractivity contribution is 0.0945. The molecule has 1 amide bonds. The van der Waals surface area contributed by atoms with E-state index in [2.05, 4.69) is 5.32 Å². The van der Waals surface area contributed by atoms with E-state index >= 15 is 0 Å². The van der Waals surface area contributed by atoms with Gasteiger partial charge in [-0.2, -0.15) is 0 Å². The SMILES string of the molecule is O=C(NCCO)c1cc(Cl)ccc1Cl. The van der Waals surface area contributed by atoms with Crippen molar-refractivity contribution in [3.63, 3.8) is 0 Å². The zero-order valence-corrected chi connectivity index (χ0v) is 8.77. The van der Waals surface area contributed by atoms with E-state index in [0.29, 0.717) is 15.6 Å². The molecule has 0 saturated carbocycles. The van der Waals surface area contributed by atoms with E-state index in [1.165, 1.54) is 6.07 Å². The molecule has 0 heterocycles. The summed E-state index contributed by atoms with van der Waals surface area (Å²) >= 11 is 11.5. The highest BCUT2D eigenvalue weighted by atomic mass is 35.5. The fraction of sp³-hybridized carbons (Fsp3) is 0.222. The Balaban J connectivity index is 2.83. The molecule has 14 heavy (non-hydrogen) atoms. The second-order valence-corrected chi connectivity index (χ2v) is 3.45. The molecule has 0 atom stereocenters. The van der Waals surface area contributed by atoms with E-state index in [-0.39, 0.29) is 19.1 Å². The molecule has 0 radical (unpaired) electrons. The number of carbonyl (C=O) groups excluding carboxylic acids is 1. The Bertz CT molecular complexity index is 342. The number of aliphatic hydroxyl groups is 1. The lowest BCUT2D eigenvalue weighted by Gasteiger charge is -2.05. The Morgan fingerprint density at radius 2 is 2.14 bits per heavy atom. The van der Waals surface area contributed by atoms with E-state index in [1.54, 1.807) is 12.1 Å². The molecule has 0 aliphatic carbocycles. The molecule has 0 aliphatic rings. The van der Waals surface area contributed by atoms with Gasteiger partial charge in [-0.05, 0) is 18.2 Å². The van der Waals surface area contributed by atoms with Crippen molar-refractivity contribution in [3.8, 4) is 0 Å². The number of benzene rings is 1. The summed E-state index contributed by atoms with van der Waals surface area (Å²) in [5.74, 6) is -0.341. The summed E-state index contributed by atoms with van der Waals surface area (Å²) in [5.41, 5.74) is 0.313. The van der Waals surface area contributed by atoms with Gasteiger partial charge in [0.15, 0.2) is 0 Å². The van der Waals surface area contributed by atoms with Gasteiger partial charge in [0, 0.05) is 11.6 Å². The predicted molar refractivity (Wildman–Crippen MR) is 55.9 cm³/mol. The highest BCUT2D eigenvalue weighted by Gasteiger charge is 2.09. The minimum atomic E-state index is -0.341. The summed E-state index contributed by atoms with van der Waals surface area (Å²) < 4.78 is 0. The zero-order chi connectivity index (χ0) is 10.6. The average Bonchev–Trinajstić information content (AvgIpc) is 2.18. The van der Waals surface area contributed by atoms with Gasteiger partial charge in [-0.15, -0.1) is 0 Å². The van der Waals surface area contributed by atoms with Crippen molar-refractivity contribution in [2.75, 3.05) is 13.2 Å². The standard InChI is InChI=1S/C9H9Cl2NO2/c10-6-1-2-8(11)7(5-6)9(14)12-3-4-13/h1-2,5,13H,3-4H2,(H,12,14). The fourth-order valence-electron chi connectivity index (χ4n) is 0.936. The molecule has 76 valence electrons. The van der Waals surface area contributed by atoms with E-state index in [1.807, 2.05) is 0 Å². The van der Waals surface area contributed by atoms with Crippen LogP contribution in [0.25, 0.3) is 0 Å². The Morgan fingerprint density at radius 1 is 1.43 bits per heavy atom. The van der Waals surface area contributed by atoms with Crippen molar-refractivity contribution < 1.29 is 9.90 Å². The Hall–Kier alpha value is -0.770. The minimum Gasteiger partial charge on any atom is -0.395 e. The normalized spacial score (nSPS) is 9.93. The third-order valence-corrected chi connectivity index (χ3v) is 2.14. The van der Waals surface area contributed by atoms with Crippen LogP contribution in [0.3, 0.4) is 0 Å². The maximum atomic E-state index is 11.4. The molecule has 0 unspecified atom stereocenters. The van der Waals surface area contributed by atoms with Crippen LogP contribution in [0.15, 0.2) is 18.2 Å². The minimum absolute atomic E-state index is 0.107. The molecule has 0 aromatic heterocycles. The lowest BCUT2D eigenvalue weighted by Crippen LogP contribution is -2.26. The molecular formula is C9H9Cl2NO2. The maximum absolute atomic E-state index is 11.4. The van der Waals surface area contributed by atoms with E-state index < -0.39 is 0 Å². The van der Waals surface area contributed by atoms with Crippen molar-refractivity contribution in [1.82, 2.24) is 5.32 Å². The van der Waals surface area contributed by atoms with Crippen molar-refractivity contribution in [1.29, 1.82) is 0 Å². The third-order valence-electron chi connectivity index (χ3n) is 1.57. The third kappa shape index (κ3) is 2.87. The van der Waals surface area contributed by atoms with Gasteiger partial charge in [0.25, 0.3) is 5.91 Å². The molecule has 0 fully saturated rings. The molecule has 0 spiro atoms. The van der Waals surface area contributed by atoms with Crippen LogP contribution < -0.4 is 5.32 Å². The number of aliphatic hydroxyl groups excluding tert-OH is 1. The monoisotopic (exact) mass is 233 g/mol. The van der Waals surface area contributed by atoms with E-state index in [9.17, 15) is 4.79 Å². The first-order chi connectivity index (χ1) is 6.65. The van der Waals surface area contributed by atoms with Crippen LogP contribution in [0.2, 0.25) is 10.0 Å². The van der Waals surface area contributed by atoms with Gasteiger partial charge < -0.3 is 10.4 Å². The van der Waals surface area contributed by atoms with Crippen LogP contribution in [0.1, 0.15) is 10.4 Å². The maximum Gasteiger partial charge on any atom is 0.252 e. The van der Waals surface area contributed by atoms with Gasteiger partial charge in [-0.3, -0.25) is 4.79 Å². The van der Waals surface area contributed by atoms with Crippen LogP contribution in [0.4, 0.5) is 0 Å². The average molecular weight is 234 g/mol. The van der Waals surface area contributed by atoms with Gasteiger partial charge in [0.05, 0.1) is 17.2 Å². The summed E-state index contributed by atoms with van der Waals surface area (Å²) in [5, 5.41) is 11.8. The topological polar surface area (TPSA) is 49.3 Å². The summed E-state index contributed by atoms with van der Waals surface area (Å²) in [7, 11) is 0. The Morgan fingerprint density at radius 3 is 2.79 bits per heavy atom. The summed E-state index contributed by atoms with van der Waals surface area (Å²) in [6.45, 7) is 0.0889. The van der Waals surface area contributed by atoms with Crippen molar-refractivity contribution in [3.05, 3.63) is 33.8 Å². The first-order valence-corrected chi connectivity index (χ1v) is 4.75. The molecule has 1 aromatic carbocycles. The van der Waals surface area contributed by atoms with Crippen molar-refractivity contribution >= 4 is 29.1 Å². The van der Waals surface area contributed by atoms with Gasteiger partial charge >= 0.3 is 0 Å². The molecule has 2 N–H and O–H groups in total. The zero-order valence-electron chi connectivity index (χ0n) is 7.26. The van der Waals surface area contributed by atoms with Crippen LogP contribution in [-0.2, 0) is 0 Å². The predicted octanol–water partition coefficient (Wildman–Crippen LogP) is 1.72. The summed E-state index contributed by atoms with van der Waals surface area (Å²) in [6, 6.07) is 4.64. The fourth-order valence-corrected chi connectivity index (χ4v) is 1.31. The molecule has 0 bridgehead atoms. The quantitative estimate of drug-likeness (QED) is 0.836. The molecule has 1 aromatic rings. The second kappa shape index (κ2) is 5.20. The number of amides is 1. The van der Waals surface area contributed by atoms with Crippen LogP contribution in [-0.4, -0.2) is 24.2 Å². The van der Waals surface area contributed by atoms with Gasteiger partial charge in [0.1, 0.15) is 0 Å². The molecular weight excluding hydrogens is 225 g/mol. The van der Waals surface area contributed by atoms with Crippen LogP contribution in [0.5, 0.6) is 0 Å². The smallest absolute Gasteiger partial charge is 0.252 e. The number of carbonyl (C=O) groups is 1. The first kappa shape index (κ1) is 11.3. The highest BCUT2D eigenvalue weighted by molar-refractivity contribution is 6.35. The summed E-state index contributed by atoms with van der Waals surface area (Å²) in [4.78, 5) is 11.4. The largest absolute Gasteiger partial charge is 0.395 e. The number of rotatable bonds is 3. The number of hydrogen-bond donors (Lipinski definition) is 2. The van der Waals surface area contributed by atoms with E-state index in [0.717, 1.165) is 0 Å². The number of nitrogens with one attached hydrogen (secondary N) is 1. The van der Waals surface area contributed by atoms with Crippen LogP contribution in [0, 0.1) is 0 Å². The molecule has 0 aliphatic heterocycles. The molecule has 5 heteroatoms. The first-order valence-electron chi connectivity index (χ1n) is 3.99. The molecule has 3 nitrogen and oxygen atoms in total. The number of halogens is 2. The van der Waals surface area contributed by atoms with Gasteiger partial charge in [-0.1, -0.05) is 23.2 Å². The Labute approximate surface area is 91.6 Å². The second-order valence-electron chi connectivity index (χ2n) is 2.60. The number of hydrogen-bond acceptors (Lipinski definition) is 2.